The SMILES string of the molecule is COc1ccc(Cl)cc1C(=O)N1C[C@@H](CS(=O)(=O)N(C)C)[C@H](O)C1. The van der Waals surface area contributed by atoms with Gasteiger partial charge in [0, 0.05) is 38.1 Å². The minimum Gasteiger partial charge on any atom is -0.496 e. The zero-order chi connectivity index (χ0) is 18.1. The molecule has 0 spiro atoms. The lowest BCUT2D eigenvalue weighted by molar-refractivity contribution is 0.0761. The molecule has 0 aliphatic carbocycles. The van der Waals surface area contributed by atoms with Gasteiger partial charge in [0.05, 0.1) is 24.5 Å². The molecule has 1 amide bonds. The van der Waals surface area contributed by atoms with Crippen molar-refractivity contribution in [1.82, 2.24) is 9.21 Å². The molecule has 0 radical (unpaired) electrons. The largest absolute Gasteiger partial charge is 0.496 e. The van der Waals surface area contributed by atoms with E-state index in [4.69, 9.17) is 16.3 Å². The van der Waals surface area contributed by atoms with Gasteiger partial charge in [-0.1, -0.05) is 11.6 Å². The zero-order valence-electron chi connectivity index (χ0n) is 13.8. The Balaban J connectivity index is 2.18. The molecule has 1 aromatic carbocycles. The second-order valence-electron chi connectivity index (χ2n) is 5.94. The molecular weight excluding hydrogens is 356 g/mol. The molecule has 0 aromatic heterocycles. The summed E-state index contributed by atoms with van der Waals surface area (Å²) in [4.78, 5) is 14.1. The Morgan fingerprint density at radius 3 is 2.67 bits per heavy atom. The quantitative estimate of drug-likeness (QED) is 0.816. The van der Waals surface area contributed by atoms with Crippen molar-refractivity contribution < 1.29 is 23.1 Å². The molecule has 24 heavy (non-hydrogen) atoms. The molecule has 0 saturated carbocycles. The van der Waals surface area contributed by atoms with Crippen LogP contribution in [0.4, 0.5) is 0 Å². The molecule has 0 bridgehead atoms. The van der Waals surface area contributed by atoms with Crippen LogP contribution in [-0.4, -0.2) is 74.8 Å². The van der Waals surface area contributed by atoms with Crippen LogP contribution in [0.1, 0.15) is 10.4 Å². The van der Waals surface area contributed by atoms with Gasteiger partial charge in [0.15, 0.2) is 0 Å². The van der Waals surface area contributed by atoms with Crippen molar-refractivity contribution in [2.45, 2.75) is 6.10 Å². The van der Waals surface area contributed by atoms with Crippen LogP contribution in [0.15, 0.2) is 18.2 Å². The maximum absolute atomic E-state index is 12.7. The Kier molecular flexibility index (Phi) is 5.74. The fraction of sp³-hybridized carbons (Fsp3) is 0.533. The molecule has 134 valence electrons. The third-order valence-corrected chi connectivity index (χ3v) is 6.26. The van der Waals surface area contributed by atoms with Crippen LogP contribution >= 0.6 is 11.6 Å². The first-order valence-corrected chi connectivity index (χ1v) is 9.35. The van der Waals surface area contributed by atoms with E-state index in [1.807, 2.05) is 0 Å². The highest BCUT2D eigenvalue weighted by Gasteiger charge is 2.38. The summed E-state index contributed by atoms with van der Waals surface area (Å²) in [6, 6.07) is 4.71. The molecule has 1 aromatic rings. The third kappa shape index (κ3) is 4.00. The number of β-amino-alcohol motifs (C(OH)–C–C–N with tert-alkyl or cyclic N) is 1. The highest BCUT2D eigenvalue weighted by Crippen LogP contribution is 2.27. The van der Waals surface area contributed by atoms with Crippen molar-refractivity contribution in [2.75, 3.05) is 40.0 Å². The van der Waals surface area contributed by atoms with Gasteiger partial charge in [0.2, 0.25) is 10.0 Å². The number of carbonyl (C=O) groups excluding carboxylic acids is 1. The predicted octanol–water partition coefficient (Wildman–Crippen LogP) is 0.673. The number of rotatable bonds is 5. The van der Waals surface area contributed by atoms with Gasteiger partial charge in [0.25, 0.3) is 5.91 Å². The topological polar surface area (TPSA) is 87.2 Å². The number of sulfonamides is 1. The van der Waals surface area contributed by atoms with Gasteiger partial charge in [-0.2, -0.15) is 0 Å². The van der Waals surface area contributed by atoms with Crippen LogP contribution in [0.2, 0.25) is 5.02 Å². The Bertz CT molecular complexity index is 723. The Morgan fingerprint density at radius 2 is 2.08 bits per heavy atom. The molecular formula is C15H21ClN2O5S. The Morgan fingerprint density at radius 1 is 1.42 bits per heavy atom. The number of likely N-dealkylation sites (tertiary alicyclic amines) is 1. The van der Waals surface area contributed by atoms with E-state index < -0.39 is 22.0 Å². The third-order valence-electron chi connectivity index (χ3n) is 4.07. The number of ether oxygens (including phenoxy) is 1. The van der Waals surface area contributed by atoms with E-state index in [2.05, 4.69) is 0 Å². The molecule has 1 aliphatic rings. The molecule has 1 aliphatic heterocycles. The van der Waals surface area contributed by atoms with E-state index in [0.717, 1.165) is 4.31 Å². The van der Waals surface area contributed by atoms with Gasteiger partial charge in [-0.05, 0) is 18.2 Å². The first-order valence-electron chi connectivity index (χ1n) is 7.36. The van der Waals surface area contributed by atoms with Gasteiger partial charge in [0.1, 0.15) is 5.75 Å². The van der Waals surface area contributed by atoms with Crippen LogP contribution in [0, 0.1) is 5.92 Å². The summed E-state index contributed by atoms with van der Waals surface area (Å²) >= 11 is 5.94. The highest BCUT2D eigenvalue weighted by molar-refractivity contribution is 7.89. The number of aliphatic hydroxyl groups is 1. The first kappa shape index (κ1) is 19.0. The van der Waals surface area contributed by atoms with Gasteiger partial charge in [-0.3, -0.25) is 4.79 Å². The molecule has 9 heteroatoms. The van der Waals surface area contributed by atoms with Crippen molar-refractivity contribution in [2.24, 2.45) is 5.92 Å². The van der Waals surface area contributed by atoms with Crippen LogP contribution < -0.4 is 4.74 Å². The molecule has 0 unspecified atom stereocenters. The number of methoxy groups -OCH3 is 1. The molecule has 2 rings (SSSR count). The van der Waals surface area contributed by atoms with Gasteiger partial charge in [-0.15, -0.1) is 0 Å². The number of halogens is 1. The van der Waals surface area contributed by atoms with E-state index in [9.17, 15) is 18.3 Å². The van der Waals surface area contributed by atoms with Crippen molar-refractivity contribution in [3.05, 3.63) is 28.8 Å². The smallest absolute Gasteiger partial charge is 0.257 e. The normalized spacial score (nSPS) is 21.3. The lowest BCUT2D eigenvalue weighted by Gasteiger charge is -2.19. The number of amides is 1. The summed E-state index contributed by atoms with van der Waals surface area (Å²) in [7, 11) is 0.873. The van der Waals surface area contributed by atoms with E-state index >= 15 is 0 Å². The Hall–Kier alpha value is -1.35. The molecule has 2 atom stereocenters. The average molecular weight is 377 g/mol. The minimum absolute atomic E-state index is 0.0715. The zero-order valence-corrected chi connectivity index (χ0v) is 15.3. The van der Waals surface area contributed by atoms with Crippen molar-refractivity contribution in [3.63, 3.8) is 0 Å². The number of aliphatic hydroxyl groups excluding tert-OH is 1. The summed E-state index contributed by atoms with van der Waals surface area (Å²) < 4.78 is 30.3. The number of hydrogen-bond donors (Lipinski definition) is 1. The second kappa shape index (κ2) is 7.26. The number of hydrogen-bond acceptors (Lipinski definition) is 5. The summed E-state index contributed by atoms with van der Waals surface area (Å²) in [6.45, 7) is 0.227. The van der Waals surface area contributed by atoms with Crippen molar-refractivity contribution in [3.8, 4) is 5.75 Å². The number of carbonyl (C=O) groups is 1. The molecule has 1 heterocycles. The van der Waals surface area contributed by atoms with Crippen LogP contribution in [0.25, 0.3) is 0 Å². The van der Waals surface area contributed by atoms with E-state index in [-0.39, 0.29) is 30.3 Å². The van der Waals surface area contributed by atoms with Crippen LogP contribution in [0.5, 0.6) is 5.75 Å². The fourth-order valence-electron chi connectivity index (χ4n) is 2.62. The number of nitrogens with zero attached hydrogens (tertiary/aromatic N) is 2. The first-order chi connectivity index (χ1) is 11.2. The number of benzene rings is 1. The van der Waals surface area contributed by atoms with E-state index in [1.165, 1.54) is 32.2 Å². The fourth-order valence-corrected chi connectivity index (χ4v) is 3.96. The summed E-state index contributed by atoms with van der Waals surface area (Å²) in [5, 5.41) is 10.5. The van der Waals surface area contributed by atoms with Crippen LogP contribution in [-0.2, 0) is 10.0 Å². The lowest BCUT2D eigenvalue weighted by Crippen LogP contribution is -2.33. The maximum atomic E-state index is 12.7. The standard InChI is InChI=1S/C15H21ClN2O5S/c1-17(2)24(21,22)9-10-7-18(8-13(10)19)15(20)12-6-11(16)4-5-14(12)23-3/h4-6,10,13,19H,7-9H2,1-3H3/t10-,13+/m0/s1. The van der Waals surface area contributed by atoms with Gasteiger partial charge < -0.3 is 14.7 Å². The average Bonchev–Trinajstić information content (AvgIpc) is 2.86. The minimum atomic E-state index is -3.46. The van der Waals surface area contributed by atoms with Gasteiger partial charge >= 0.3 is 0 Å². The van der Waals surface area contributed by atoms with Crippen molar-refractivity contribution in [1.29, 1.82) is 0 Å². The second-order valence-corrected chi connectivity index (χ2v) is 8.61. The molecule has 1 saturated heterocycles. The van der Waals surface area contributed by atoms with Crippen molar-refractivity contribution >= 4 is 27.5 Å². The summed E-state index contributed by atoms with van der Waals surface area (Å²) in [5.74, 6) is -0.717. The monoisotopic (exact) mass is 376 g/mol. The maximum Gasteiger partial charge on any atom is 0.257 e. The summed E-state index contributed by atoms with van der Waals surface area (Å²) in [5.41, 5.74) is 0.285. The molecule has 1 N–H and O–H groups in total. The predicted molar refractivity (Wildman–Crippen MR) is 90.9 cm³/mol. The van der Waals surface area contributed by atoms with E-state index in [1.54, 1.807) is 12.1 Å². The van der Waals surface area contributed by atoms with Gasteiger partial charge in [-0.25, -0.2) is 12.7 Å². The Labute approximate surface area is 146 Å². The highest BCUT2D eigenvalue weighted by atomic mass is 35.5. The van der Waals surface area contributed by atoms with E-state index in [0.29, 0.717) is 10.8 Å². The molecule has 7 nitrogen and oxygen atoms in total. The summed E-state index contributed by atoms with van der Waals surface area (Å²) in [6.07, 6.45) is -0.895. The van der Waals surface area contributed by atoms with Crippen LogP contribution in [0.3, 0.4) is 0 Å². The lowest BCUT2D eigenvalue weighted by atomic mass is 10.1. The molecule has 1 fully saturated rings.